The van der Waals surface area contributed by atoms with Crippen LogP contribution in [-0.2, 0) is 11.2 Å². The van der Waals surface area contributed by atoms with Gasteiger partial charge in [0.05, 0.1) is 19.4 Å². The van der Waals surface area contributed by atoms with E-state index in [2.05, 4.69) is 0 Å². The Kier molecular flexibility index (Phi) is 6.04. The van der Waals surface area contributed by atoms with Gasteiger partial charge in [0.25, 0.3) is 0 Å². The van der Waals surface area contributed by atoms with Crippen molar-refractivity contribution in [1.29, 1.82) is 0 Å². The molecule has 1 N–H and O–H groups in total. The van der Waals surface area contributed by atoms with E-state index in [0.717, 1.165) is 30.4 Å². The Morgan fingerprint density at radius 3 is 2.64 bits per heavy atom. The van der Waals surface area contributed by atoms with Gasteiger partial charge in [-0.1, -0.05) is 6.92 Å². The van der Waals surface area contributed by atoms with E-state index >= 15 is 0 Å². The molecular weight excluding hydrogens is 362 g/mol. The van der Waals surface area contributed by atoms with E-state index in [9.17, 15) is 14.7 Å². The first-order valence-corrected chi connectivity index (χ1v) is 9.32. The number of carboxylic acids is 1. The average Bonchev–Trinajstić information content (AvgIpc) is 2.69. The zero-order chi connectivity index (χ0) is 20.3. The number of ether oxygens (including phenoxy) is 3. The Bertz CT molecular complexity index is 933. The van der Waals surface area contributed by atoms with E-state index in [-0.39, 0.29) is 11.6 Å². The summed E-state index contributed by atoms with van der Waals surface area (Å²) < 4.78 is 18.3. The number of methoxy groups -OCH3 is 2. The SMILES string of the molecule is CC[C@@H]1Cc2cc(OCCCOC)c(OC)cc2-c2cc(=O)c(C(=O)O)cn21. The summed E-state index contributed by atoms with van der Waals surface area (Å²) >= 11 is 0. The molecule has 0 amide bonds. The molecule has 0 saturated carbocycles. The standard InChI is InChI=1S/C21H25NO6/c1-4-14-8-13-9-20(28-7-5-6-26-2)19(27-3)10-15(13)17-11-18(23)16(21(24)25)12-22(14)17/h9-12,14H,4-8H2,1-3H3,(H,24,25)/t14-/m1/s1. The molecule has 7 heteroatoms. The van der Waals surface area contributed by atoms with Crippen LogP contribution in [0.3, 0.4) is 0 Å². The molecule has 0 saturated heterocycles. The summed E-state index contributed by atoms with van der Waals surface area (Å²) in [5.74, 6) is 0.0240. The molecule has 1 aromatic heterocycles. The van der Waals surface area contributed by atoms with E-state index in [1.165, 1.54) is 12.3 Å². The summed E-state index contributed by atoms with van der Waals surface area (Å²) in [7, 11) is 3.22. The fourth-order valence-electron chi connectivity index (χ4n) is 3.59. The van der Waals surface area contributed by atoms with Crippen LogP contribution in [0.2, 0.25) is 0 Å². The molecule has 2 heterocycles. The summed E-state index contributed by atoms with van der Waals surface area (Å²) in [5, 5.41) is 9.30. The Balaban J connectivity index is 2.07. The molecule has 1 aliphatic heterocycles. The second kappa shape index (κ2) is 8.48. The third kappa shape index (κ3) is 3.75. The first kappa shape index (κ1) is 19.9. The van der Waals surface area contributed by atoms with Crippen molar-refractivity contribution in [3.8, 4) is 22.8 Å². The fraction of sp³-hybridized carbons (Fsp3) is 0.429. The van der Waals surface area contributed by atoms with Gasteiger partial charge in [0.2, 0.25) is 0 Å². The molecular formula is C21H25NO6. The number of hydrogen-bond acceptors (Lipinski definition) is 5. The Morgan fingerprint density at radius 1 is 1.21 bits per heavy atom. The highest BCUT2D eigenvalue weighted by molar-refractivity contribution is 5.87. The number of carbonyl (C=O) groups is 1. The smallest absolute Gasteiger partial charge is 0.341 e. The van der Waals surface area contributed by atoms with Crippen molar-refractivity contribution in [3.05, 3.63) is 45.7 Å². The molecule has 7 nitrogen and oxygen atoms in total. The maximum Gasteiger partial charge on any atom is 0.341 e. The van der Waals surface area contributed by atoms with Crippen molar-refractivity contribution >= 4 is 5.97 Å². The minimum absolute atomic E-state index is 0.0657. The first-order valence-electron chi connectivity index (χ1n) is 9.32. The number of fused-ring (bicyclic) bond motifs is 3. The molecule has 1 aromatic carbocycles. The molecule has 0 unspecified atom stereocenters. The molecule has 2 aromatic rings. The third-order valence-electron chi connectivity index (χ3n) is 5.05. The summed E-state index contributed by atoms with van der Waals surface area (Å²) in [6.07, 6.45) is 3.76. The van der Waals surface area contributed by atoms with Crippen LogP contribution in [0.1, 0.15) is 41.7 Å². The maximum absolute atomic E-state index is 12.3. The van der Waals surface area contributed by atoms with Crippen LogP contribution in [0.25, 0.3) is 11.3 Å². The fourth-order valence-corrected chi connectivity index (χ4v) is 3.59. The predicted molar refractivity (Wildman–Crippen MR) is 105 cm³/mol. The first-order chi connectivity index (χ1) is 13.5. The van der Waals surface area contributed by atoms with Crippen molar-refractivity contribution in [2.45, 2.75) is 32.2 Å². The van der Waals surface area contributed by atoms with Gasteiger partial charge in [-0.25, -0.2) is 4.79 Å². The molecule has 0 spiro atoms. The van der Waals surface area contributed by atoms with Crippen molar-refractivity contribution in [2.24, 2.45) is 0 Å². The Hall–Kier alpha value is -2.80. The van der Waals surface area contributed by atoms with Crippen LogP contribution in [0.5, 0.6) is 11.5 Å². The van der Waals surface area contributed by atoms with Gasteiger partial charge < -0.3 is 23.9 Å². The van der Waals surface area contributed by atoms with Gasteiger partial charge >= 0.3 is 5.97 Å². The maximum atomic E-state index is 12.3. The molecule has 0 fully saturated rings. The van der Waals surface area contributed by atoms with Crippen LogP contribution in [0.15, 0.2) is 29.2 Å². The van der Waals surface area contributed by atoms with Crippen LogP contribution in [-0.4, -0.2) is 43.1 Å². The molecule has 1 atom stereocenters. The van der Waals surface area contributed by atoms with E-state index < -0.39 is 11.4 Å². The number of pyridine rings is 1. The Labute approximate surface area is 163 Å². The zero-order valence-corrected chi connectivity index (χ0v) is 16.4. The molecule has 0 aliphatic carbocycles. The van der Waals surface area contributed by atoms with E-state index in [0.29, 0.717) is 30.4 Å². The van der Waals surface area contributed by atoms with E-state index in [4.69, 9.17) is 14.2 Å². The second-order valence-electron chi connectivity index (χ2n) is 6.77. The van der Waals surface area contributed by atoms with Gasteiger partial charge in [0.1, 0.15) is 5.56 Å². The third-order valence-corrected chi connectivity index (χ3v) is 5.05. The van der Waals surface area contributed by atoms with E-state index in [1.807, 2.05) is 23.6 Å². The van der Waals surface area contributed by atoms with Gasteiger partial charge in [-0.3, -0.25) is 4.79 Å². The van der Waals surface area contributed by atoms with Crippen LogP contribution < -0.4 is 14.9 Å². The zero-order valence-electron chi connectivity index (χ0n) is 16.4. The lowest BCUT2D eigenvalue weighted by Crippen LogP contribution is -2.25. The summed E-state index contributed by atoms with van der Waals surface area (Å²) in [4.78, 5) is 23.7. The number of benzene rings is 1. The summed E-state index contributed by atoms with van der Waals surface area (Å²) in [6, 6.07) is 5.29. The lowest BCUT2D eigenvalue weighted by Gasteiger charge is -2.31. The van der Waals surface area contributed by atoms with Crippen molar-refractivity contribution in [3.63, 3.8) is 0 Å². The largest absolute Gasteiger partial charge is 0.493 e. The highest BCUT2D eigenvalue weighted by Gasteiger charge is 2.26. The van der Waals surface area contributed by atoms with Crippen molar-refractivity contribution in [1.82, 2.24) is 4.57 Å². The number of hydrogen-bond donors (Lipinski definition) is 1. The van der Waals surface area contributed by atoms with Gasteiger partial charge in [-0.05, 0) is 30.5 Å². The molecule has 0 radical (unpaired) electrons. The summed E-state index contributed by atoms with van der Waals surface area (Å²) in [6.45, 7) is 3.18. The number of aromatic carboxylic acids is 1. The highest BCUT2D eigenvalue weighted by atomic mass is 16.5. The van der Waals surface area contributed by atoms with Crippen molar-refractivity contribution in [2.75, 3.05) is 27.4 Å². The minimum atomic E-state index is -1.21. The lowest BCUT2D eigenvalue weighted by atomic mass is 9.90. The highest BCUT2D eigenvalue weighted by Crippen LogP contribution is 2.41. The number of carboxylic acid groups (broad SMARTS) is 1. The second-order valence-corrected chi connectivity index (χ2v) is 6.77. The molecule has 150 valence electrons. The topological polar surface area (TPSA) is 87.0 Å². The van der Waals surface area contributed by atoms with Crippen LogP contribution >= 0.6 is 0 Å². The molecule has 1 aliphatic rings. The minimum Gasteiger partial charge on any atom is -0.493 e. The van der Waals surface area contributed by atoms with Gasteiger partial charge in [-0.2, -0.15) is 0 Å². The van der Waals surface area contributed by atoms with Crippen LogP contribution in [0.4, 0.5) is 0 Å². The summed E-state index contributed by atoms with van der Waals surface area (Å²) in [5.41, 5.74) is 1.90. The monoisotopic (exact) mass is 387 g/mol. The molecule has 28 heavy (non-hydrogen) atoms. The van der Waals surface area contributed by atoms with E-state index in [1.54, 1.807) is 14.2 Å². The average molecular weight is 387 g/mol. The normalized spacial score (nSPS) is 14.9. The van der Waals surface area contributed by atoms with Crippen LogP contribution in [0, 0.1) is 0 Å². The quantitative estimate of drug-likeness (QED) is 0.700. The number of nitrogens with zero attached hydrogens (tertiary/aromatic N) is 1. The number of aromatic nitrogens is 1. The number of rotatable bonds is 8. The molecule has 3 rings (SSSR count). The van der Waals surface area contributed by atoms with Crippen molar-refractivity contribution < 1.29 is 24.1 Å². The van der Waals surface area contributed by atoms with Gasteiger partial charge in [0, 0.05) is 44.0 Å². The Morgan fingerprint density at radius 2 is 2.00 bits per heavy atom. The molecule has 0 bridgehead atoms. The lowest BCUT2D eigenvalue weighted by molar-refractivity contribution is 0.0694. The van der Waals surface area contributed by atoms with Gasteiger partial charge in [-0.15, -0.1) is 0 Å². The van der Waals surface area contributed by atoms with Gasteiger partial charge in [0.15, 0.2) is 16.9 Å². The predicted octanol–water partition coefficient (Wildman–Crippen LogP) is 3.14.